The topological polar surface area (TPSA) is 44.5 Å². The Morgan fingerprint density at radius 1 is 1.28 bits per heavy atom. The summed E-state index contributed by atoms with van der Waals surface area (Å²) in [5.74, 6) is 1.73. The van der Waals surface area contributed by atoms with E-state index in [1.807, 2.05) is 0 Å². The van der Waals surface area contributed by atoms with Gasteiger partial charge in [-0.05, 0) is 59.3 Å². The molecule has 2 N–H and O–H groups in total. The summed E-state index contributed by atoms with van der Waals surface area (Å²) in [5, 5.41) is 0. The molecule has 0 aromatic heterocycles. The van der Waals surface area contributed by atoms with Crippen LogP contribution in [-0.4, -0.2) is 18.8 Å². The van der Waals surface area contributed by atoms with Gasteiger partial charge in [-0.15, -0.1) is 0 Å². The predicted octanol–water partition coefficient (Wildman–Crippen LogP) is 2.95. The van der Waals surface area contributed by atoms with Gasteiger partial charge in [0.25, 0.3) is 0 Å². The zero-order valence-corrected chi connectivity index (χ0v) is 12.2. The lowest BCUT2D eigenvalue weighted by atomic mass is 9.99. The Labute approximate surface area is 116 Å². The molecule has 98 valence electrons. The summed E-state index contributed by atoms with van der Waals surface area (Å²) in [7, 11) is 0. The van der Waals surface area contributed by atoms with Crippen LogP contribution >= 0.6 is 15.9 Å². The average molecular weight is 312 g/mol. The molecule has 1 saturated carbocycles. The van der Waals surface area contributed by atoms with Crippen molar-refractivity contribution in [3.63, 3.8) is 0 Å². The minimum absolute atomic E-state index is 0.0179. The zero-order valence-electron chi connectivity index (χ0n) is 10.6. The molecule has 0 bridgehead atoms. The van der Waals surface area contributed by atoms with Crippen LogP contribution in [0.1, 0.15) is 30.4 Å². The van der Waals surface area contributed by atoms with Gasteiger partial charge in [-0.1, -0.05) is 0 Å². The molecule has 0 amide bonds. The zero-order chi connectivity index (χ0) is 12.8. The second-order valence-electron chi connectivity index (χ2n) is 5.39. The number of fused-ring (bicyclic) bond motifs is 1. The van der Waals surface area contributed by atoms with Gasteiger partial charge in [-0.2, -0.15) is 0 Å². The van der Waals surface area contributed by atoms with E-state index in [1.54, 1.807) is 0 Å². The monoisotopic (exact) mass is 311 g/mol. The van der Waals surface area contributed by atoms with Crippen molar-refractivity contribution in [2.24, 2.45) is 5.73 Å². The number of halogens is 1. The molecule has 1 aliphatic carbocycles. The summed E-state index contributed by atoms with van der Waals surface area (Å²) in [5.41, 5.74) is 8.68. The van der Waals surface area contributed by atoms with Gasteiger partial charge in [0.2, 0.25) is 0 Å². The number of hydrogen-bond donors (Lipinski definition) is 1. The predicted molar refractivity (Wildman–Crippen MR) is 74.3 cm³/mol. The van der Waals surface area contributed by atoms with E-state index in [1.165, 1.54) is 11.1 Å². The number of ether oxygens (including phenoxy) is 2. The summed E-state index contributed by atoms with van der Waals surface area (Å²) >= 11 is 3.58. The van der Waals surface area contributed by atoms with Crippen LogP contribution < -0.4 is 15.2 Å². The highest BCUT2D eigenvalue weighted by Gasteiger charge is 2.39. The van der Waals surface area contributed by atoms with Crippen LogP contribution in [0, 0.1) is 6.92 Å². The van der Waals surface area contributed by atoms with Crippen molar-refractivity contribution in [1.29, 1.82) is 0 Å². The third kappa shape index (κ3) is 2.24. The third-order valence-corrected chi connectivity index (χ3v) is 4.35. The Balaban J connectivity index is 2.01. The van der Waals surface area contributed by atoms with Crippen LogP contribution in [0.2, 0.25) is 0 Å². The van der Waals surface area contributed by atoms with Crippen LogP contribution in [0.4, 0.5) is 0 Å². The van der Waals surface area contributed by atoms with Gasteiger partial charge < -0.3 is 15.2 Å². The van der Waals surface area contributed by atoms with E-state index < -0.39 is 0 Å². The summed E-state index contributed by atoms with van der Waals surface area (Å²) < 4.78 is 12.6. The molecule has 1 aliphatic heterocycles. The lowest BCUT2D eigenvalue weighted by molar-refractivity contribution is 0.296. The van der Waals surface area contributed by atoms with E-state index in [2.05, 4.69) is 28.9 Å². The molecule has 4 heteroatoms. The Hall–Kier alpha value is -0.740. The maximum absolute atomic E-state index is 6.22. The Kier molecular flexibility index (Phi) is 3.02. The van der Waals surface area contributed by atoms with E-state index in [0.29, 0.717) is 6.61 Å². The molecule has 0 spiro atoms. The van der Waals surface area contributed by atoms with Crippen LogP contribution in [0.25, 0.3) is 0 Å². The highest BCUT2D eigenvalue weighted by molar-refractivity contribution is 9.10. The summed E-state index contributed by atoms with van der Waals surface area (Å²) in [4.78, 5) is 0. The highest BCUT2D eigenvalue weighted by atomic mass is 79.9. The van der Waals surface area contributed by atoms with Gasteiger partial charge in [-0.25, -0.2) is 0 Å². The molecule has 1 aromatic carbocycles. The fourth-order valence-electron chi connectivity index (χ4n) is 2.37. The first-order valence-electron chi connectivity index (χ1n) is 6.45. The smallest absolute Gasteiger partial charge is 0.175 e. The van der Waals surface area contributed by atoms with E-state index in [-0.39, 0.29) is 5.54 Å². The van der Waals surface area contributed by atoms with Gasteiger partial charge in [0.15, 0.2) is 11.5 Å². The first kappa shape index (κ1) is 12.3. The molecular weight excluding hydrogens is 294 g/mol. The minimum atomic E-state index is 0.0179. The number of nitrogens with two attached hydrogens (primary N) is 1. The SMILES string of the molecule is Cc1c(CC2(N)CC2)cc(Br)c2c1OCCCO2. The van der Waals surface area contributed by atoms with Crippen molar-refractivity contribution >= 4 is 15.9 Å². The molecule has 0 unspecified atom stereocenters. The van der Waals surface area contributed by atoms with Gasteiger partial charge >= 0.3 is 0 Å². The molecular formula is C14H18BrNO2. The van der Waals surface area contributed by atoms with E-state index in [4.69, 9.17) is 15.2 Å². The molecule has 0 saturated heterocycles. The molecule has 3 nitrogen and oxygen atoms in total. The highest BCUT2D eigenvalue weighted by Crippen LogP contribution is 2.44. The quantitative estimate of drug-likeness (QED) is 0.913. The summed E-state index contributed by atoms with van der Waals surface area (Å²) in [6.07, 6.45) is 4.10. The van der Waals surface area contributed by atoms with Crippen molar-refractivity contribution in [2.45, 2.75) is 38.1 Å². The molecule has 3 rings (SSSR count). The third-order valence-electron chi connectivity index (χ3n) is 3.76. The van der Waals surface area contributed by atoms with Crippen LogP contribution in [0.15, 0.2) is 10.5 Å². The molecule has 0 atom stereocenters. The van der Waals surface area contributed by atoms with Crippen LogP contribution in [0.5, 0.6) is 11.5 Å². The Morgan fingerprint density at radius 2 is 1.94 bits per heavy atom. The second kappa shape index (κ2) is 4.42. The summed E-state index contributed by atoms with van der Waals surface area (Å²) in [6, 6.07) is 2.13. The number of hydrogen-bond acceptors (Lipinski definition) is 3. The van der Waals surface area contributed by atoms with Crippen LogP contribution in [0.3, 0.4) is 0 Å². The summed E-state index contributed by atoms with van der Waals surface area (Å²) in [6.45, 7) is 3.53. The van der Waals surface area contributed by atoms with Gasteiger partial charge in [0.05, 0.1) is 17.7 Å². The Morgan fingerprint density at radius 3 is 2.61 bits per heavy atom. The second-order valence-corrected chi connectivity index (χ2v) is 6.24. The maximum atomic E-state index is 6.22. The lowest BCUT2D eigenvalue weighted by Gasteiger charge is -2.18. The van der Waals surface area contributed by atoms with Crippen LogP contribution in [-0.2, 0) is 6.42 Å². The number of rotatable bonds is 2. The van der Waals surface area contributed by atoms with E-state index in [9.17, 15) is 0 Å². The van der Waals surface area contributed by atoms with Gasteiger partial charge in [-0.3, -0.25) is 0 Å². The molecule has 2 aliphatic rings. The van der Waals surface area contributed by atoms with Crippen molar-refractivity contribution in [1.82, 2.24) is 0 Å². The molecule has 18 heavy (non-hydrogen) atoms. The average Bonchev–Trinajstić information content (AvgIpc) is 3.08. The van der Waals surface area contributed by atoms with Gasteiger partial charge in [0, 0.05) is 12.0 Å². The van der Waals surface area contributed by atoms with Crippen molar-refractivity contribution < 1.29 is 9.47 Å². The fraction of sp³-hybridized carbons (Fsp3) is 0.571. The van der Waals surface area contributed by atoms with Gasteiger partial charge in [0.1, 0.15) is 0 Å². The molecule has 1 fully saturated rings. The largest absolute Gasteiger partial charge is 0.489 e. The first-order chi connectivity index (χ1) is 8.59. The standard InChI is InChI=1S/C14H18BrNO2/c1-9-10(8-14(16)3-4-14)7-11(15)13-12(9)17-5-2-6-18-13/h7H,2-6,8,16H2,1H3. The van der Waals surface area contributed by atoms with E-state index in [0.717, 1.165) is 48.3 Å². The minimum Gasteiger partial charge on any atom is -0.489 e. The molecule has 0 radical (unpaired) electrons. The lowest BCUT2D eigenvalue weighted by Crippen LogP contribution is -2.25. The first-order valence-corrected chi connectivity index (χ1v) is 7.25. The van der Waals surface area contributed by atoms with E-state index >= 15 is 0 Å². The normalized spacial score (nSPS) is 20.4. The van der Waals surface area contributed by atoms with Crippen molar-refractivity contribution in [3.8, 4) is 11.5 Å². The Bertz CT molecular complexity index is 483. The van der Waals surface area contributed by atoms with Crippen molar-refractivity contribution in [3.05, 3.63) is 21.7 Å². The maximum Gasteiger partial charge on any atom is 0.175 e. The fourth-order valence-corrected chi connectivity index (χ4v) is 2.94. The molecule has 1 aromatic rings. The molecule has 1 heterocycles. The van der Waals surface area contributed by atoms with Crippen molar-refractivity contribution in [2.75, 3.05) is 13.2 Å². The number of benzene rings is 1.